The van der Waals surface area contributed by atoms with E-state index in [0.29, 0.717) is 23.5 Å². The van der Waals surface area contributed by atoms with Gasteiger partial charge in [0, 0.05) is 20.1 Å². The average molecular weight is 277 g/mol. The Bertz CT molecular complexity index is 528. The zero-order valence-electron chi connectivity index (χ0n) is 12.0. The Labute approximate surface area is 118 Å². The molecule has 0 aromatic heterocycles. The van der Waals surface area contributed by atoms with Gasteiger partial charge < -0.3 is 19.9 Å². The number of rotatable bonds is 4. The molecular formula is C14H19N3O3. The minimum absolute atomic E-state index is 0.0362. The van der Waals surface area contributed by atoms with Crippen LogP contribution in [-0.4, -0.2) is 57.6 Å². The number of amides is 2. The maximum atomic E-state index is 12.2. The number of fused-ring (bicyclic) bond motifs is 1. The first-order chi connectivity index (χ1) is 9.50. The number of benzene rings is 1. The summed E-state index contributed by atoms with van der Waals surface area (Å²) >= 11 is 0. The van der Waals surface area contributed by atoms with Gasteiger partial charge in [-0.05, 0) is 26.2 Å². The van der Waals surface area contributed by atoms with Crippen LogP contribution in [0, 0.1) is 0 Å². The number of hydrogen-bond acceptors (Lipinski definition) is 4. The molecule has 20 heavy (non-hydrogen) atoms. The topological polar surface area (TPSA) is 61.9 Å². The Kier molecular flexibility index (Phi) is 4.24. The van der Waals surface area contributed by atoms with Gasteiger partial charge in [0.2, 0.25) is 0 Å². The largest absolute Gasteiger partial charge is 0.481 e. The fourth-order valence-electron chi connectivity index (χ4n) is 1.97. The third-order valence-corrected chi connectivity index (χ3v) is 3.16. The van der Waals surface area contributed by atoms with Crippen LogP contribution in [0.3, 0.4) is 0 Å². The third-order valence-electron chi connectivity index (χ3n) is 3.16. The first-order valence-corrected chi connectivity index (χ1v) is 6.46. The van der Waals surface area contributed by atoms with Crippen molar-refractivity contribution in [3.05, 3.63) is 23.8 Å². The molecule has 1 aliphatic heterocycles. The van der Waals surface area contributed by atoms with Crippen molar-refractivity contribution in [1.82, 2.24) is 10.2 Å². The Morgan fingerprint density at radius 3 is 2.90 bits per heavy atom. The molecule has 0 unspecified atom stereocenters. The maximum absolute atomic E-state index is 12.2. The summed E-state index contributed by atoms with van der Waals surface area (Å²) in [7, 11) is 5.57. The van der Waals surface area contributed by atoms with Crippen molar-refractivity contribution < 1.29 is 14.3 Å². The van der Waals surface area contributed by atoms with Crippen LogP contribution in [0.4, 0.5) is 5.69 Å². The molecule has 6 nitrogen and oxygen atoms in total. The Morgan fingerprint density at radius 1 is 1.45 bits per heavy atom. The highest BCUT2D eigenvalue weighted by atomic mass is 16.5. The summed E-state index contributed by atoms with van der Waals surface area (Å²) < 4.78 is 5.42. The van der Waals surface area contributed by atoms with Gasteiger partial charge in [-0.25, -0.2) is 0 Å². The highest BCUT2D eigenvalue weighted by Gasteiger charge is 2.26. The summed E-state index contributed by atoms with van der Waals surface area (Å²) in [6.07, 6.45) is 0. The Balaban J connectivity index is 2.17. The minimum atomic E-state index is -0.188. The second-order valence-electron chi connectivity index (χ2n) is 4.95. The molecule has 0 bridgehead atoms. The van der Waals surface area contributed by atoms with Crippen molar-refractivity contribution in [1.29, 1.82) is 0 Å². The third kappa shape index (κ3) is 2.91. The van der Waals surface area contributed by atoms with Crippen molar-refractivity contribution in [2.24, 2.45) is 0 Å². The molecule has 0 spiro atoms. The van der Waals surface area contributed by atoms with Crippen molar-refractivity contribution >= 4 is 17.5 Å². The van der Waals surface area contributed by atoms with Crippen LogP contribution in [0.2, 0.25) is 0 Å². The molecule has 108 valence electrons. The molecule has 6 heteroatoms. The molecule has 0 aliphatic carbocycles. The molecule has 1 N–H and O–H groups in total. The fourth-order valence-corrected chi connectivity index (χ4v) is 1.97. The molecular weight excluding hydrogens is 258 g/mol. The molecule has 0 fully saturated rings. The van der Waals surface area contributed by atoms with Gasteiger partial charge in [0.1, 0.15) is 0 Å². The Hall–Kier alpha value is -2.08. The molecule has 2 amide bonds. The molecule has 0 radical (unpaired) electrons. The van der Waals surface area contributed by atoms with Crippen molar-refractivity contribution in [3.8, 4) is 5.75 Å². The average Bonchev–Trinajstić information content (AvgIpc) is 2.42. The van der Waals surface area contributed by atoms with Gasteiger partial charge in [0.15, 0.2) is 12.4 Å². The normalized spacial score (nSPS) is 14.0. The lowest BCUT2D eigenvalue weighted by molar-refractivity contribution is -0.121. The number of hydrogen-bond donors (Lipinski definition) is 1. The lowest BCUT2D eigenvalue weighted by Gasteiger charge is -2.27. The second-order valence-corrected chi connectivity index (χ2v) is 4.95. The van der Waals surface area contributed by atoms with Crippen LogP contribution < -0.4 is 15.0 Å². The zero-order chi connectivity index (χ0) is 14.7. The van der Waals surface area contributed by atoms with Crippen LogP contribution in [0.25, 0.3) is 0 Å². The molecule has 0 saturated heterocycles. The summed E-state index contributed by atoms with van der Waals surface area (Å²) in [6.45, 7) is 1.29. The number of nitrogens with zero attached hydrogens (tertiary/aromatic N) is 2. The Morgan fingerprint density at radius 2 is 2.20 bits per heavy atom. The lowest BCUT2D eigenvalue weighted by atomic mass is 10.1. The number of carbonyl (C=O) groups excluding carboxylic acids is 2. The van der Waals surface area contributed by atoms with Crippen LogP contribution in [0.15, 0.2) is 18.2 Å². The molecule has 1 heterocycles. The van der Waals surface area contributed by atoms with Gasteiger partial charge in [0.25, 0.3) is 11.8 Å². The molecule has 0 saturated carbocycles. The monoisotopic (exact) mass is 277 g/mol. The summed E-state index contributed by atoms with van der Waals surface area (Å²) in [5.74, 6) is 0.158. The van der Waals surface area contributed by atoms with E-state index in [1.54, 1.807) is 25.2 Å². The van der Waals surface area contributed by atoms with Crippen LogP contribution in [0.5, 0.6) is 5.75 Å². The van der Waals surface area contributed by atoms with Crippen molar-refractivity contribution in [2.75, 3.05) is 45.7 Å². The van der Waals surface area contributed by atoms with E-state index in [0.717, 1.165) is 6.54 Å². The highest BCUT2D eigenvalue weighted by molar-refractivity contribution is 6.03. The van der Waals surface area contributed by atoms with Crippen LogP contribution >= 0.6 is 0 Å². The number of para-hydroxylation sites is 1. The number of anilines is 1. The van der Waals surface area contributed by atoms with E-state index >= 15 is 0 Å². The quantitative estimate of drug-likeness (QED) is 0.862. The fraction of sp³-hybridized carbons (Fsp3) is 0.429. The summed E-state index contributed by atoms with van der Waals surface area (Å²) in [4.78, 5) is 27.3. The van der Waals surface area contributed by atoms with Crippen LogP contribution in [0.1, 0.15) is 10.4 Å². The van der Waals surface area contributed by atoms with E-state index in [2.05, 4.69) is 5.32 Å². The van der Waals surface area contributed by atoms with E-state index in [4.69, 9.17) is 4.74 Å². The van der Waals surface area contributed by atoms with Crippen molar-refractivity contribution in [2.45, 2.75) is 0 Å². The predicted octanol–water partition coefficient (Wildman–Crippen LogP) is 0.333. The van der Waals surface area contributed by atoms with Gasteiger partial charge in [-0.3, -0.25) is 9.59 Å². The SMILES string of the molecule is CN(C)CCNC(=O)c1cccc2c1OCC(=O)N2C. The van der Waals surface area contributed by atoms with E-state index in [1.807, 2.05) is 19.0 Å². The highest BCUT2D eigenvalue weighted by Crippen LogP contribution is 2.34. The van der Waals surface area contributed by atoms with E-state index in [1.165, 1.54) is 4.90 Å². The second kappa shape index (κ2) is 5.92. The van der Waals surface area contributed by atoms with Gasteiger partial charge in [0.05, 0.1) is 11.3 Å². The first kappa shape index (κ1) is 14.3. The summed E-state index contributed by atoms with van der Waals surface area (Å²) in [5.41, 5.74) is 1.09. The molecule has 1 aromatic rings. The summed E-state index contributed by atoms with van der Waals surface area (Å²) in [6, 6.07) is 5.22. The number of likely N-dealkylation sites (N-methyl/N-ethyl adjacent to an activating group) is 2. The van der Waals surface area contributed by atoms with Crippen molar-refractivity contribution in [3.63, 3.8) is 0 Å². The molecule has 1 aliphatic rings. The molecule has 1 aromatic carbocycles. The number of ether oxygens (including phenoxy) is 1. The zero-order valence-corrected chi connectivity index (χ0v) is 12.0. The first-order valence-electron chi connectivity index (χ1n) is 6.46. The number of nitrogens with one attached hydrogen (secondary N) is 1. The smallest absolute Gasteiger partial charge is 0.264 e. The molecule has 2 rings (SSSR count). The van der Waals surface area contributed by atoms with Crippen LogP contribution in [-0.2, 0) is 4.79 Å². The van der Waals surface area contributed by atoms with Gasteiger partial charge in [-0.2, -0.15) is 0 Å². The van der Waals surface area contributed by atoms with E-state index in [-0.39, 0.29) is 18.4 Å². The maximum Gasteiger partial charge on any atom is 0.264 e. The van der Waals surface area contributed by atoms with E-state index < -0.39 is 0 Å². The molecule has 0 atom stereocenters. The van der Waals surface area contributed by atoms with Gasteiger partial charge >= 0.3 is 0 Å². The van der Waals surface area contributed by atoms with Gasteiger partial charge in [-0.1, -0.05) is 6.07 Å². The number of carbonyl (C=O) groups is 2. The van der Waals surface area contributed by atoms with Gasteiger partial charge in [-0.15, -0.1) is 0 Å². The van der Waals surface area contributed by atoms with E-state index in [9.17, 15) is 9.59 Å². The standard InChI is InChI=1S/C14H19N3O3/c1-16(2)8-7-15-14(19)10-5-4-6-11-13(10)20-9-12(18)17(11)3/h4-6H,7-9H2,1-3H3,(H,15,19). The predicted molar refractivity (Wildman–Crippen MR) is 76.2 cm³/mol. The lowest BCUT2D eigenvalue weighted by Crippen LogP contribution is -2.37. The minimum Gasteiger partial charge on any atom is -0.481 e. The summed E-state index contributed by atoms with van der Waals surface area (Å²) in [5, 5.41) is 2.84.